The lowest BCUT2D eigenvalue weighted by atomic mass is 9.57. The summed E-state index contributed by atoms with van der Waals surface area (Å²) in [5, 5.41) is 6.35. The van der Waals surface area contributed by atoms with Crippen molar-refractivity contribution in [3.05, 3.63) is 23.2 Å². The van der Waals surface area contributed by atoms with Gasteiger partial charge in [-0.2, -0.15) is 0 Å². The molecule has 3 atom stereocenters. The quantitative estimate of drug-likeness (QED) is 0.897. The topological polar surface area (TPSA) is 59.6 Å². The van der Waals surface area contributed by atoms with E-state index in [0.717, 1.165) is 13.0 Å². The highest BCUT2D eigenvalue weighted by atomic mass is 35.5. The Labute approximate surface area is 135 Å². The lowest BCUT2D eigenvalue weighted by Gasteiger charge is -2.54. The number of hydrogen-bond acceptors (Lipinski definition) is 3. The number of rotatable bonds is 3. The van der Waals surface area contributed by atoms with E-state index in [1.807, 2.05) is 0 Å². The van der Waals surface area contributed by atoms with Crippen LogP contribution in [-0.2, 0) is 4.74 Å². The number of carbonyl (C=O) groups excluding carboxylic acids is 1. The zero-order valence-corrected chi connectivity index (χ0v) is 13.7. The van der Waals surface area contributed by atoms with Crippen molar-refractivity contribution in [2.24, 2.45) is 11.3 Å². The van der Waals surface area contributed by atoms with Gasteiger partial charge in [-0.25, -0.2) is 4.79 Å². The fourth-order valence-corrected chi connectivity index (χ4v) is 3.98. The molecule has 5 nitrogen and oxygen atoms in total. The van der Waals surface area contributed by atoms with Crippen molar-refractivity contribution in [3.63, 3.8) is 0 Å². The fraction of sp³-hybridized carbons (Fsp3) is 0.562. The number of halogens is 1. The van der Waals surface area contributed by atoms with Crippen LogP contribution in [0, 0.1) is 11.3 Å². The number of anilines is 1. The van der Waals surface area contributed by atoms with Crippen LogP contribution in [0.5, 0.6) is 5.75 Å². The van der Waals surface area contributed by atoms with Crippen LogP contribution in [0.1, 0.15) is 20.3 Å². The summed E-state index contributed by atoms with van der Waals surface area (Å²) < 4.78 is 11.0. The number of ether oxygens (including phenoxy) is 2. The first-order valence-corrected chi connectivity index (χ1v) is 7.84. The van der Waals surface area contributed by atoms with E-state index >= 15 is 0 Å². The van der Waals surface area contributed by atoms with Gasteiger partial charge in [0.1, 0.15) is 0 Å². The standard InChI is InChI=1S/C16H21ClN2O3/c1-16(2)13(9-7-8-22-14(9)16)19-15(20)18-11-6-4-5-10(17)12(11)21-3/h4-6,9,13-14H,7-8H2,1-3H3,(H2,18,19,20)/t9-,13+,14+/m0/s1. The molecule has 1 heterocycles. The Balaban J connectivity index is 1.68. The van der Waals surface area contributed by atoms with E-state index in [1.54, 1.807) is 18.2 Å². The number of hydrogen-bond donors (Lipinski definition) is 2. The molecule has 2 N–H and O–H groups in total. The Bertz CT molecular complexity index is 591. The van der Waals surface area contributed by atoms with Crippen LogP contribution in [0.3, 0.4) is 0 Å². The largest absolute Gasteiger partial charge is 0.493 e. The number of para-hydroxylation sites is 1. The molecule has 3 rings (SSSR count). The van der Waals surface area contributed by atoms with Crippen molar-refractivity contribution in [1.29, 1.82) is 0 Å². The predicted molar refractivity (Wildman–Crippen MR) is 85.6 cm³/mol. The van der Waals surface area contributed by atoms with E-state index in [-0.39, 0.29) is 23.6 Å². The summed E-state index contributed by atoms with van der Waals surface area (Å²) in [6.07, 6.45) is 1.25. The molecule has 1 aromatic carbocycles. The number of amides is 2. The highest BCUT2D eigenvalue weighted by Crippen LogP contribution is 2.52. The van der Waals surface area contributed by atoms with Crippen LogP contribution >= 0.6 is 11.6 Å². The van der Waals surface area contributed by atoms with Crippen molar-refractivity contribution in [3.8, 4) is 5.75 Å². The Morgan fingerprint density at radius 1 is 1.45 bits per heavy atom. The van der Waals surface area contributed by atoms with Gasteiger partial charge in [-0.05, 0) is 18.6 Å². The van der Waals surface area contributed by atoms with Crippen LogP contribution in [0.4, 0.5) is 10.5 Å². The average molecular weight is 325 g/mol. The highest BCUT2D eigenvalue weighted by molar-refractivity contribution is 6.32. The third kappa shape index (κ3) is 2.42. The molecule has 1 aliphatic heterocycles. The molecule has 0 aromatic heterocycles. The van der Waals surface area contributed by atoms with Gasteiger partial charge in [0.15, 0.2) is 5.75 Å². The molecule has 0 spiro atoms. The summed E-state index contributed by atoms with van der Waals surface area (Å²) in [5.41, 5.74) is 0.514. The summed E-state index contributed by atoms with van der Waals surface area (Å²) in [6, 6.07) is 5.12. The molecule has 22 heavy (non-hydrogen) atoms. The molecule has 1 saturated carbocycles. The lowest BCUT2D eigenvalue weighted by molar-refractivity contribution is -0.107. The van der Waals surface area contributed by atoms with Gasteiger partial charge in [0.2, 0.25) is 0 Å². The van der Waals surface area contributed by atoms with Crippen molar-refractivity contribution in [1.82, 2.24) is 5.32 Å². The molecule has 0 unspecified atom stereocenters. The van der Waals surface area contributed by atoms with E-state index in [0.29, 0.717) is 22.4 Å². The van der Waals surface area contributed by atoms with Gasteiger partial charge >= 0.3 is 6.03 Å². The van der Waals surface area contributed by atoms with Crippen molar-refractivity contribution in [2.75, 3.05) is 19.0 Å². The van der Waals surface area contributed by atoms with Crippen LogP contribution in [-0.4, -0.2) is 31.9 Å². The Morgan fingerprint density at radius 3 is 2.95 bits per heavy atom. The minimum absolute atomic E-state index is 0.0447. The average Bonchev–Trinajstić information content (AvgIpc) is 2.92. The number of methoxy groups -OCH3 is 1. The van der Waals surface area contributed by atoms with Gasteiger partial charge in [0, 0.05) is 24.0 Å². The molecule has 1 aromatic rings. The molecule has 1 saturated heterocycles. The van der Waals surface area contributed by atoms with E-state index in [2.05, 4.69) is 24.5 Å². The van der Waals surface area contributed by atoms with Gasteiger partial charge < -0.3 is 20.1 Å². The lowest BCUT2D eigenvalue weighted by Crippen LogP contribution is -2.67. The van der Waals surface area contributed by atoms with E-state index in [9.17, 15) is 4.79 Å². The Hall–Kier alpha value is -1.46. The summed E-state index contributed by atoms with van der Waals surface area (Å²) in [5.74, 6) is 0.872. The molecule has 0 radical (unpaired) electrons. The molecular formula is C16H21ClN2O3. The molecular weight excluding hydrogens is 304 g/mol. The van der Waals surface area contributed by atoms with Crippen molar-refractivity contribution >= 4 is 23.3 Å². The smallest absolute Gasteiger partial charge is 0.319 e. The monoisotopic (exact) mass is 324 g/mol. The molecule has 6 heteroatoms. The Morgan fingerprint density at radius 2 is 2.23 bits per heavy atom. The minimum Gasteiger partial charge on any atom is -0.493 e. The third-order valence-corrected chi connectivity index (χ3v) is 5.10. The zero-order chi connectivity index (χ0) is 15.9. The number of carbonyl (C=O) groups is 1. The van der Waals surface area contributed by atoms with Gasteiger partial charge in [-0.1, -0.05) is 31.5 Å². The first-order valence-electron chi connectivity index (χ1n) is 7.46. The van der Waals surface area contributed by atoms with Gasteiger partial charge in [-0.3, -0.25) is 0 Å². The number of nitrogens with one attached hydrogen (secondary N) is 2. The first-order chi connectivity index (χ1) is 10.4. The number of urea groups is 1. The van der Waals surface area contributed by atoms with Gasteiger partial charge in [0.05, 0.1) is 23.9 Å². The maximum Gasteiger partial charge on any atom is 0.319 e. The Kier molecular flexibility index (Phi) is 3.95. The highest BCUT2D eigenvalue weighted by Gasteiger charge is 2.59. The summed E-state index contributed by atoms with van der Waals surface area (Å²) in [4.78, 5) is 12.3. The fourth-order valence-electron chi connectivity index (χ4n) is 3.73. The first kappa shape index (κ1) is 15.4. The second kappa shape index (κ2) is 5.63. The molecule has 0 bridgehead atoms. The number of benzene rings is 1. The van der Waals surface area contributed by atoms with E-state index < -0.39 is 0 Å². The second-order valence-electron chi connectivity index (χ2n) is 6.46. The number of fused-ring (bicyclic) bond motifs is 1. The van der Waals surface area contributed by atoms with Crippen LogP contribution in [0.25, 0.3) is 0 Å². The molecule has 1 aliphatic carbocycles. The SMILES string of the molecule is COc1c(Cl)cccc1NC(=O)N[C@@H]1[C@@H]2CCO[C@H]2C1(C)C. The maximum absolute atomic E-state index is 12.3. The maximum atomic E-state index is 12.3. The zero-order valence-electron chi connectivity index (χ0n) is 13.0. The third-order valence-electron chi connectivity index (χ3n) is 4.81. The molecule has 120 valence electrons. The molecule has 2 fully saturated rings. The van der Waals surface area contributed by atoms with Crippen LogP contribution in [0.2, 0.25) is 5.02 Å². The summed E-state index contributed by atoms with van der Waals surface area (Å²) in [7, 11) is 1.53. The van der Waals surface area contributed by atoms with Crippen molar-refractivity contribution in [2.45, 2.75) is 32.4 Å². The predicted octanol–water partition coefficient (Wildman–Crippen LogP) is 3.28. The summed E-state index contributed by atoms with van der Waals surface area (Å²) >= 11 is 6.06. The van der Waals surface area contributed by atoms with Crippen molar-refractivity contribution < 1.29 is 14.3 Å². The van der Waals surface area contributed by atoms with Crippen LogP contribution < -0.4 is 15.4 Å². The van der Waals surface area contributed by atoms with E-state index in [1.165, 1.54) is 7.11 Å². The van der Waals surface area contributed by atoms with Gasteiger partial charge in [-0.15, -0.1) is 0 Å². The minimum atomic E-state index is -0.246. The van der Waals surface area contributed by atoms with E-state index in [4.69, 9.17) is 21.1 Å². The molecule has 2 amide bonds. The molecule has 2 aliphatic rings. The summed E-state index contributed by atoms with van der Waals surface area (Å²) in [6.45, 7) is 5.04. The normalized spacial score (nSPS) is 28.5. The second-order valence-corrected chi connectivity index (χ2v) is 6.87. The van der Waals surface area contributed by atoms with Crippen LogP contribution in [0.15, 0.2) is 18.2 Å². The van der Waals surface area contributed by atoms with Gasteiger partial charge in [0.25, 0.3) is 0 Å².